The van der Waals surface area contributed by atoms with Crippen LogP contribution in [0.15, 0.2) is 0 Å². The Balaban J connectivity index is 1.47. The summed E-state index contributed by atoms with van der Waals surface area (Å²) in [6.45, 7) is 3.09. The fraction of sp³-hybridized carbons (Fsp3) is 0.941. The fourth-order valence-corrected chi connectivity index (χ4v) is 5.52. The van der Waals surface area contributed by atoms with E-state index in [0.29, 0.717) is 18.0 Å². The normalized spacial score (nSPS) is 45.0. The molecule has 1 heterocycles. The Morgan fingerprint density at radius 1 is 1.10 bits per heavy atom. The van der Waals surface area contributed by atoms with E-state index < -0.39 is 0 Å². The summed E-state index contributed by atoms with van der Waals surface area (Å²) >= 11 is 0. The fourth-order valence-electron chi connectivity index (χ4n) is 5.52. The van der Waals surface area contributed by atoms with Gasteiger partial charge in [0.15, 0.2) is 0 Å². The van der Waals surface area contributed by atoms with Crippen LogP contribution in [0.4, 0.5) is 0 Å². The van der Waals surface area contributed by atoms with Gasteiger partial charge in [0.2, 0.25) is 5.91 Å². The molecule has 0 radical (unpaired) electrons. The van der Waals surface area contributed by atoms with Crippen molar-refractivity contribution in [3.8, 4) is 0 Å². The van der Waals surface area contributed by atoms with Crippen molar-refractivity contribution >= 4 is 5.91 Å². The number of hydrogen-bond donors (Lipinski definition) is 1. The first-order valence-corrected chi connectivity index (χ1v) is 8.79. The van der Waals surface area contributed by atoms with Crippen LogP contribution in [-0.2, 0) is 4.79 Å². The van der Waals surface area contributed by atoms with Crippen LogP contribution >= 0.6 is 0 Å². The van der Waals surface area contributed by atoms with Gasteiger partial charge in [-0.15, -0.1) is 0 Å². The Morgan fingerprint density at radius 3 is 2.55 bits per heavy atom. The third-order valence-corrected chi connectivity index (χ3v) is 6.57. The highest BCUT2D eigenvalue weighted by atomic mass is 16.2. The summed E-state index contributed by atoms with van der Waals surface area (Å²) < 4.78 is 0. The van der Waals surface area contributed by atoms with Gasteiger partial charge in [-0.3, -0.25) is 10.1 Å². The zero-order chi connectivity index (χ0) is 13.7. The first-order valence-electron chi connectivity index (χ1n) is 8.79. The number of carbonyl (C=O) groups excluding carboxylic acids is 1. The Labute approximate surface area is 122 Å². The summed E-state index contributed by atoms with van der Waals surface area (Å²) in [7, 11) is 0. The Bertz CT molecular complexity index is 390. The highest BCUT2D eigenvalue weighted by Gasteiger charge is 2.46. The van der Waals surface area contributed by atoms with E-state index in [2.05, 4.69) is 10.2 Å². The summed E-state index contributed by atoms with van der Waals surface area (Å²) in [5, 5.41) is 3.59. The minimum atomic E-state index is 0.0409. The molecule has 112 valence electrons. The molecule has 2 bridgehead atoms. The average molecular weight is 276 g/mol. The number of nitrogens with zero attached hydrogens (tertiary/aromatic N) is 1. The summed E-state index contributed by atoms with van der Waals surface area (Å²) in [6.07, 6.45) is 11.4. The number of hydrogen-bond acceptors (Lipinski definition) is 2. The SMILES string of the molecule is CC1NC(C2CCCC2)N(CC2CC3CCC2C3)C1=O. The van der Waals surface area contributed by atoms with Crippen molar-refractivity contribution in [1.29, 1.82) is 0 Å². The van der Waals surface area contributed by atoms with Crippen molar-refractivity contribution in [2.45, 2.75) is 70.5 Å². The van der Waals surface area contributed by atoms with E-state index in [0.717, 1.165) is 24.3 Å². The molecule has 4 fully saturated rings. The van der Waals surface area contributed by atoms with Crippen molar-refractivity contribution in [3.05, 3.63) is 0 Å². The molecule has 0 aromatic carbocycles. The minimum Gasteiger partial charge on any atom is -0.325 e. The molecule has 0 spiro atoms. The van der Waals surface area contributed by atoms with Crippen LogP contribution in [-0.4, -0.2) is 29.6 Å². The quantitative estimate of drug-likeness (QED) is 0.859. The van der Waals surface area contributed by atoms with Crippen molar-refractivity contribution in [3.63, 3.8) is 0 Å². The molecule has 5 unspecified atom stereocenters. The predicted octanol–water partition coefficient (Wildman–Crippen LogP) is 2.76. The third-order valence-electron chi connectivity index (χ3n) is 6.57. The molecule has 1 saturated heterocycles. The maximum atomic E-state index is 12.5. The lowest BCUT2D eigenvalue weighted by atomic mass is 9.88. The molecule has 3 saturated carbocycles. The van der Waals surface area contributed by atoms with Gasteiger partial charge in [0.05, 0.1) is 12.2 Å². The maximum Gasteiger partial charge on any atom is 0.240 e. The van der Waals surface area contributed by atoms with Crippen molar-refractivity contribution < 1.29 is 4.79 Å². The van der Waals surface area contributed by atoms with Crippen molar-refractivity contribution in [2.24, 2.45) is 23.7 Å². The number of fused-ring (bicyclic) bond motifs is 2. The van der Waals surface area contributed by atoms with Gasteiger partial charge >= 0.3 is 0 Å². The number of nitrogens with one attached hydrogen (secondary N) is 1. The molecule has 1 aliphatic heterocycles. The molecular weight excluding hydrogens is 248 g/mol. The van der Waals surface area contributed by atoms with Crippen LogP contribution in [0, 0.1) is 23.7 Å². The standard InChI is InChI=1S/C17H28N2O/c1-11-17(20)19(16(18-11)13-4-2-3-5-13)10-15-9-12-6-7-14(15)8-12/h11-16,18H,2-10H2,1H3. The van der Waals surface area contributed by atoms with E-state index >= 15 is 0 Å². The van der Waals surface area contributed by atoms with Crippen LogP contribution in [0.2, 0.25) is 0 Å². The Hall–Kier alpha value is -0.570. The lowest BCUT2D eigenvalue weighted by Gasteiger charge is -2.33. The molecule has 4 aliphatic rings. The molecule has 1 N–H and O–H groups in total. The maximum absolute atomic E-state index is 12.5. The second-order valence-electron chi connectivity index (χ2n) is 7.80. The molecule has 5 atom stereocenters. The molecule has 3 aliphatic carbocycles. The van der Waals surface area contributed by atoms with Gasteiger partial charge in [-0.2, -0.15) is 0 Å². The zero-order valence-corrected chi connectivity index (χ0v) is 12.7. The van der Waals surface area contributed by atoms with Gasteiger partial charge in [0.25, 0.3) is 0 Å². The first-order chi connectivity index (χ1) is 9.72. The molecule has 3 nitrogen and oxygen atoms in total. The van der Waals surface area contributed by atoms with Gasteiger partial charge in [-0.25, -0.2) is 0 Å². The summed E-state index contributed by atoms with van der Waals surface area (Å²) in [6, 6.07) is 0.0409. The molecule has 0 aromatic heterocycles. The predicted molar refractivity (Wildman–Crippen MR) is 79.0 cm³/mol. The van der Waals surface area contributed by atoms with Crippen LogP contribution < -0.4 is 5.32 Å². The smallest absolute Gasteiger partial charge is 0.240 e. The number of amides is 1. The van der Waals surface area contributed by atoms with E-state index in [-0.39, 0.29) is 6.04 Å². The van der Waals surface area contributed by atoms with Crippen molar-refractivity contribution in [2.75, 3.05) is 6.54 Å². The highest BCUT2D eigenvalue weighted by molar-refractivity contribution is 5.84. The van der Waals surface area contributed by atoms with Gasteiger partial charge in [-0.05, 0) is 62.7 Å². The summed E-state index contributed by atoms with van der Waals surface area (Å²) in [4.78, 5) is 14.8. The highest BCUT2D eigenvalue weighted by Crippen LogP contribution is 2.49. The molecular formula is C17H28N2O. The van der Waals surface area contributed by atoms with E-state index in [9.17, 15) is 4.79 Å². The lowest BCUT2D eigenvalue weighted by Crippen LogP contribution is -2.45. The lowest BCUT2D eigenvalue weighted by molar-refractivity contribution is -0.131. The van der Waals surface area contributed by atoms with Gasteiger partial charge in [0.1, 0.15) is 0 Å². The van der Waals surface area contributed by atoms with Gasteiger partial charge < -0.3 is 4.90 Å². The largest absolute Gasteiger partial charge is 0.325 e. The van der Waals surface area contributed by atoms with Crippen LogP contribution in [0.25, 0.3) is 0 Å². The third kappa shape index (κ3) is 2.09. The van der Waals surface area contributed by atoms with E-state index in [1.807, 2.05) is 6.92 Å². The average Bonchev–Trinajstić information content (AvgIpc) is 3.19. The summed E-state index contributed by atoms with van der Waals surface area (Å²) in [5.41, 5.74) is 0. The van der Waals surface area contributed by atoms with Crippen LogP contribution in [0.5, 0.6) is 0 Å². The van der Waals surface area contributed by atoms with Crippen LogP contribution in [0.1, 0.15) is 58.3 Å². The second kappa shape index (κ2) is 5.01. The number of carbonyl (C=O) groups is 1. The molecule has 0 aromatic rings. The molecule has 1 amide bonds. The molecule has 20 heavy (non-hydrogen) atoms. The monoisotopic (exact) mass is 276 g/mol. The van der Waals surface area contributed by atoms with Crippen molar-refractivity contribution in [1.82, 2.24) is 10.2 Å². The topological polar surface area (TPSA) is 32.3 Å². The number of rotatable bonds is 3. The van der Waals surface area contributed by atoms with E-state index in [1.165, 1.54) is 51.4 Å². The second-order valence-corrected chi connectivity index (χ2v) is 7.80. The zero-order valence-electron chi connectivity index (χ0n) is 12.7. The van der Waals surface area contributed by atoms with E-state index in [1.54, 1.807) is 0 Å². The summed E-state index contributed by atoms with van der Waals surface area (Å²) in [5.74, 6) is 3.78. The Morgan fingerprint density at radius 2 is 1.90 bits per heavy atom. The molecule has 3 heteroatoms. The first kappa shape index (κ1) is 13.1. The Kier molecular flexibility index (Phi) is 3.29. The van der Waals surface area contributed by atoms with Gasteiger partial charge in [0, 0.05) is 6.54 Å². The van der Waals surface area contributed by atoms with Gasteiger partial charge in [-0.1, -0.05) is 19.3 Å². The van der Waals surface area contributed by atoms with E-state index in [4.69, 9.17) is 0 Å². The molecule has 4 rings (SSSR count). The van der Waals surface area contributed by atoms with Crippen LogP contribution in [0.3, 0.4) is 0 Å². The minimum absolute atomic E-state index is 0.0409.